The number of nitrogens with one attached hydrogen (secondary N) is 1. The Balaban J connectivity index is 2.29. The number of hydrogen-bond acceptors (Lipinski definition) is 2. The van der Waals surface area contributed by atoms with Gasteiger partial charge in [0.05, 0.1) is 0 Å². The van der Waals surface area contributed by atoms with Gasteiger partial charge >= 0.3 is 0 Å². The fraction of sp³-hybridized carbons (Fsp3) is 0.333. The van der Waals surface area contributed by atoms with Gasteiger partial charge in [0.25, 0.3) is 0 Å². The van der Waals surface area contributed by atoms with Crippen LogP contribution in [-0.4, -0.2) is 11.5 Å². The Hall–Kier alpha value is -1.32. The minimum Gasteiger partial charge on any atom is -0.361 e. The predicted molar refractivity (Wildman–Crippen MR) is 63.5 cm³/mol. The van der Waals surface area contributed by atoms with Crippen LogP contribution in [0, 0.1) is 0 Å². The van der Waals surface area contributed by atoms with E-state index in [1.54, 1.807) is 0 Å². The molecule has 0 fully saturated rings. The number of aromatic amines is 1. The zero-order chi connectivity index (χ0) is 10.7. The van der Waals surface area contributed by atoms with Crippen molar-refractivity contribution in [3.63, 3.8) is 0 Å². The van der Waals surface area contributed by atoms with Gasteiger partial charge in [-0.2, -0.15) is 0 Å². The van der Waals surface area contributed by atoms with Crippen LogP contribution in [0.5, 0.6) is 0 Å². The third-order valence-electron chi connectivity index (χ3n) is 2.75. The summed E-state index contributed by atoms with van der Waals surface area (Å²) in [6, 6.07) is 8.36. The van der Waals surface area contributed by atoms with Crippen LogP contribution >= 0.6 is 0 Å². The standard InChI is InChI=1S/C12H17N3/c13-7-2-4-11(14)9-3-1-5-12-10(9)6-8-15-12/h1,3,5-6,8,11,15H,2,4,7,13-14H2/t11-/m0/s1. The summed E-state index contributed by atoms with van der Waals surface area (Å²) in [5, 5.41) is 1.22. The maximum absolute atomic E-state index is 6.14. The van der Waals surface area contributed by atoms with Crippen molar-refractivity contribution < 1.29 is 0 Å². The Bertz CT molecular complexity index is 433. The van der Waals surface area contributed by atoms with Crippen LogP contribution in [0.2, 0.25) is 0 Å². The molecule has 1 atom stereocenters. The van der Waals surface area contributed by atoms with Crippen molar-refractivity contribution >= 4 is 10.9 Å². The number of benzene rings is 1. The molecule has 0 aliphatic carbocycles. The van der Waals surface area contributed by atoms with Gasteiger partial charge in [0, 0.05) is 23.1 Å². The van der Waals surface area contributed by atoms with Gasteiger partial charge in [-0.1, -0.05) is 12.1 Å². The third-order valence-corrected chi connectivity index (χ3v) is 2.75. The van der Waals surface area contributed by atoms with Crippen molar-refractivity contribution in [3.8, 4) is 0 Å². The molecule has 2 rings (SSSR count). The Kier molecular flexibility index (Phi) is 3.04. The van der Waals surface area contributed by atoms with Crippen LogP contribution < -0.4 is 11.5 Å². The summed E-state index contributed by atoms with van der Waals surface area (Å²) in [4.78, 5) is 3.19. The number of H-pyrrole nitrogens is 1. The molecule has 0 aliphatic heterocycles. The lowest BCUT2D eigenvalue weighted by molar-refractivity contribution is 0.621. The van der Waals surface area contributed by atoms with Gasteiger partial charge in [0.15, 0.2) is 0 Å². The smallest absolute Gasteiger partial charge is 0.0457 e. The number of rotatable bonds is 4. The van der Waals surface area contributed by atoms with Crippen LogP contribution in [0.4, 0.5) is 0 Å². The quantitative estimate of drug-likeness (QED) is 0.710. The van der Waals surface area contributed by atoms with E-state index in [4.69, 9.17) is 11.5 Å². The normalized spacial score (nSPS) is 13.2. The van der Waals surface area contributed by atoms with Gasteiger partial charge in [-0.25, -0.2) is 0 Å². The molecule has 15 heavy (non-hydrogen) atoms. The van der Waals surface area contributed by atoms with Crippen molar-refractivity contribution in [2.24, 2.45) is 11.5 Å². The average Bonchev–Trinajstić information content (AvgIpc) is 2.73. The van der Waals surface area contributed by atoms with E-state index >= 15 is 0 Å². The molecule has 0 aliphatic rings. The molecule has 0 unspecified atom stereocenters. The van der Waals surface area contributed by atoms with E-state index in [-0.39, 0.29) is 6.04 Å². The van der Waals surface area contributed by atoms with Crippen LogP contribution in [-0.2, 0) is 0 Å². The summed E-state index contributed by atoms with van der Waals surface area (Å²) < 4.78 is 0. The zero-order valence-corrected chi connectivity index (χ0v) is 8.74. The first-order valence-electron chi connectivity index (χ1n) is 5.34. The summed E-state index contributed by atoms with van der Waals surface area (Å²) in [6.45, 7) is 0.705. The maximum Gasteiger partial charge on any atom is 0.0457 e. The minimum absolute atomic E-state index is 0.0908. The molecule has 0 radical (unpaired) electrons. The topological polar surface area (TPSA) is 67.8 Å². The molecular formula is C12H17N3. The monoisotopic (exact) mass is 203 g/mol. The van der Waals surface area contributed by atoms with E-state index in [1.807, 2.05) is 12.3 Å². The summed E-state index contributed by atoms with van der Waals surface area (Å²) in [6.07, 6.45) is 3.87. The molecule has 80 valence electrons. The van der Waals surface area contributed by atoms with E-state index < -0.39 is 0 Å². The van der Waals surface area contributed by atoms with Crippen molar-refractivity contribution in [1.82, 2.24) is 4.98 Å². The molecule has 0 bridgehead atoms. The van der Waals surface area contributed by atoms with Gasteiger partial charge < -0.3 is 16.5 Å². The summed E-state index contributed by atoms with van der Waals surface area (Å²) in [7, 11) is 0. The lowest BCUT2D eigenvalue weighted by Gasteiger charge is -2.12. The molecule has 3 heteroatoms. The molecule has 0 saturated heterocycles. The van der Waals surface area contributed by atoms with Crippen LogP contribution in [0.15, 0.2) is 30.5 Å². The summed E-state index contributed by atoms with van der Waals surface area (Å²) in [5.74, 6) is 0. The molecule has 1 heterocycles. The molecule has 2 aromatic rings. The first kappa shape index (κ1) is 10.2. The molecule has 5 N–H and O–H groups in total. The Morgan fingerprint density at radius 3 is 2.93 bits per heavy atom. The number of nitrogens with two attached hydrogens (primary N) is 2. The largest absolute Gasteiger partial charge is 0.361 e. The molecule has 0 saturated carbocycles. The second-order valence-corrected chi connectivity index (χ2v) is 3.82. The van der Waals surface area contributed by atoms with Crippen LogP contribution in [0.25, 0.3) is 10.9 Å². The fourth-order valence-corrected chi connectivity index (χ4v) is 1.93. The van der Waals surface area contributed by atoms with E-state index in [2.05, 4.69) is 23.2 Å². The van der Waals surface area contributed by atoms with Gasteiger partial charge in [0.1, 0.15) is 0 Å². The molecule has 0 amide bonds. The fourth-order valence-electron chi connectivity index (χ4n) is 1.93. The summed E-state index contributed by atoms with van der Waals surface area (Å²) >= 11 is 0. The van der Waals surface area contributed by atoms with Gasteiger partial charge in [0.2, 0.25) is 0 Å². The van der Waals surface area contributed by atoms with Crippen molar-refractivity contribution in [1.29, 1.82) is 0 Å². The minimum atomic E-state index is 0.0908. The Morgan fingerprint density at radius 1 is 1.27 bits per heavy atom. The van der Waals surface area contributed by atoms with Gasteiger partial charge in [-0.15, -0.1) is 0 Å². The van der Waals surface area contributed by atoms with E-state index in [9.17, 15) is 0 Å². The van der Waals surface area contributed by atoms with E-state index in [1.165, 1.54) is 10.9 Å². The van der Waals surface area contributed by atoms with Crippen molar-refractivity contribution in [2.75, 3.05) is 6.54 Å². The summed E-state index contributed by atoms with van der Waals surface area (Å²) in [5.41, 5.74) is 14.0. The van der Waals surface area contributed by atoms with E-state index in [0.717, 1.165) is 18.4 Å². The first-order chi connectivity index (χ1) is 7.33. The van der Waals surface area contributed by atoms with Crippen LogP contribution in [0.1, 0.15) is 24.4 Å². The second kappa shape index (κ2) is 4.47. The Labute approximate surface area is 89.5 Å². The lowest BCUT2D eigenvalue weighted by Crippen LogP contribution is -2.12. The molecule has 0 spiro atoms. The zero-order valence-electron chi connectivity index (χ0n) is 8.74. The Morgan fingerprint density at radius 2 is 2.13 bits per heavy atom. The predicted octanol–water partition coefficient (Wildman–Crippen LogP) is 1.91. The lowest BCUT2D eigenvalue weighted by atomic mass is 9.99. The maximum atomic E-state index is 6.14. The van der Waals surface area contributed by atoms with Gasteiger partial charge in [-0.05, 0) is 37.1 Å². The van der Waals surface area contributed by atoms with Crippen LogP contribution in [0.3, 0.4) is 0 Å². The first-order valence-corrected chi connectivity index (χ1v) is 5.34. The number of aromatic nitrogens is 1. The van der Waals surface area contributed by atoms with E-state index in [0.29, 0.717) is 6.54 Å². The molecular weight excluding hydrogens is 186 g/mol. The SMILES string of the molecule is NCCC[C@H](N)c1cccc2[nH]ccc12. The van der Waals surface area contributed by atoms with Crippen molar-refractivity contribution in [3.05, 3.63) is 36.0 Å². The highest BCUT2D eigenvalue weighted by molar-refractivity contribution is 5.83. The highest BCUT2D eigenvalue weighted by Crippen LogP contribution is 2.24. The average molecular weight is 203 g/mol. The van der Waals surface area contributed by atoms with Gasteiger partial charge in [-0.3, -0.25) is 0 Å². The molecule has 1 aromatic carbocycles. The highest BCUT2D eigenvalue weighted by Gasteiger charge is 2.09. The molecule has 3 nitrogen and oxygen atoms in total. The molecule has 1 aromatic heterocycles. The number of fused-ring (bicyclic) bond motifs is 1. The second-order valence-electron chi connectivity index (χ2n) is 3.82. The number of hydrogen-bond donors (Lipinski definition) is 3. The van der Waals surface area contributed by atoms with Crippen molar-refractivity contribution in [2.45, 2.75) is 18.9 Å². The highest BCUT2D eigenvalue weighted by atomic mass is 14.7. The third kappa shape index (κ3) is 2.03.